The van der Waals surface area contributed by atoms with Gasteiger partial charge in [0.2, 0.25) is 0 Å². The van der Waals surface area contributed by atoms with Gasteiger partial charge in [0.15, 0.2) is 0 Å². The van der Waals surface area contributed by atoms with Gasteiger partial charge in [-0.05, 0) is 19.8 Å². The minimum absolute atomic E-state index is 0.313. The van der Waals surface area contributed by atoms with E-state index in [0.29, 0.717) is 13.0 Å². The van der Waals surface area contributed by atoms with E-state index < -0.39 is 12.0 Å². The molecule has 24 heavy (non-hydrogen) atoms. The zero-order chi connectivity index (χ0) is 17.8. The third-order valence-electron chi connectivity index (χ3n) is 4.54. The van der Waals surface area contributed by atoms with Crippen LogP contribution >= 0.6 is 0 Å². The predicted molar refractivity (Wildman–Crippen MR) is 96.0 cm³/mol. The summed E-state index contributed by atoms with van der Waals surface area (Å²) >= 11 is 0. The summed E-state index contributed by atoms with van der Waals surface area (Å²) in [5, 5.41) is 1.01. The summed E-state index contributed by atoms with van der Waals surface area (Å²) in [6.45, 7) is 4.53. The Hall–Kier alpha value is -1.36. The fourth-order valence-electron chi connectivity index (χ4n) is 2.96. The van der Waals surface area contributed by atoms with Crippen molar-refractivity contribution in [1.82, 2.24) is 5.01 Å². The average Bonchev–Trinajstić information content (AvgIpc) is 2.98. The zero-order valence-electron chi connectivity index (χ0n) is 15.4. The Balaban J connectivity index is 2.13. The molecule has 1 aliphatic heterocycles. The van der Waals surface area contributed by atoms with E-state index in [1.54, 1.807) is 6.08 Å². The molecule has 0 radical (unpaired) electrons. The smallest absolute Gasteiger partial charge is 0.330 e. The number of nitrogens with zero attached hydrogens (tertiary/aromatic N) is 1. The van der Waals surface area contributed by atoms with Crippen LogP contribution in [0, 0.1) is 0 Å². The third kappa shape index (κ3) is 7.95. The molecule has 1 amide bonds. The van der Waals surface area contributed by atoms with Gasteiger partial charge in [-0.15, -0.1) is 0 Å². The molecule has 1 aliphatic rings. The SMILES string of the molecule is CCCCCCCCCCC/C(C)=C/C(=O)N(N)C1CCOC1=O. The van der Waals surface area contributed by atoms with Crippen molar-refractivity contribution in [2.45, 2.75) is 90.5 Å². The van der Waals surface area contributed by atoms with E-state index in [9.17, 15) is 9.59 Å². The van der Waals surface area contributed by atoms with Gasteiger partial charge in [0.25, 0.3) is 5.91 Å². The maximum Gasteiger partial charge on any atom is 0.330 e. The second-order valence-corrected chi connectivity index (χ2v) is 6.79. The molecule has 0 aromatic heterocycles. The van der Waals surface area contributed by atoms with Crippen molar-refractivity contribution in [2.75, 3.05) is 6.61 Å². The van der Waals surface area contributed by atoms with Crippen molar-refractivity contribution >= 4 is 11.9 Å². The lowest BCUT2D eigenvalue weighted by Crippen LogP contribution is -2.47. The Bertz CT molecular complexity index is 421. The Kier molecular flexibility index (Phi) is 10.4. The van der Waals surface area contributed by atoms with Crippen LogP contribution in [0.15, 0.2) is 11.6 Å². The minimum atomic E-state index is -0.630. The number of ether oxygens (including phenoxy) is 1. The normalized spacial score (nSPS) is 17.9. The summed E-state index contributed by atoms with van der Waals surface area (Å²) in [5.74, 6) is 5.02. The molecule has 1 unspecified atom stereocenters. The highest BCUT2D eigenvalue weighted by Crippen LogP contribution is 2.15. The fraction of sp³-hybridized carbons (Fsp3) is 0.789. The zero-order valence-corrected chi connectivity index (χ0v) is 15.4. The number of unbranched alkanes of at least 4 members (excludes halogenated alkanes) is 8. The Morgan fingerprint density at radius 3 is 2.29 bits per heavy atom. The lowest BCUT2D eigenvalue weighted by Gasteiger charge is -2.19. The first kappa shape index (κ1) is 20.7. The number of allylic oxidation sites excluding steroid dienone is 1. The maximum absolute atomic E-state index is 12.1. The second kappa shape index (κ2) is 12.1. The van der Waals surface area contributed by atoms with Gasteiger partial charge >= 0.3 is 5.97 Å². The largest absolute Gasteiger partial charge is 0.464 e. The highest BCUT2D eigenvalue weighted by molar-refractivity contribution is 5.92. The first-order valence-corrected chi connectivity index (χ1v) is 9.48. The lowest BCUT2D eigenvalue weighted by molar-refractivity contribution is -0.146. The number of carbonyl (C=O) groups is 2. The van der Waals surface area contributed by atoms with Crippen LogP contribution in [0.2, 0.25) is 0 Å². The van der Waals surface area contributed by atoms with Crippen LogP contribution in [-0.2, 0) is 14.3 Å². The van der Waals surface area contributed by atoms with E-state index in [0.717, 1.165) is 23.4 Å². The summed E-state index contributed by atoms with van der Waals surface area (Å²) in [6, 6.07) is -0.630. The van der Waals surface area contributed by atoms with Gasteiger partial charge in [0, 0.05) is 12.5 Å². The van der Waals surface area contributed by atoms with Crippen LogP contribution < -0.4 is 5.84 Å². The molecular formula is C19H34N2O3. The van der Waals surface area contributed by atoms with Gasteiger partial charge in [0.1, 0.15) is 6.04 Å². The Morgan fingerprint density at radius 2 is 1.75 bits per heavy atom. The minimum Gasteiger partial charge on any atom is -0.464 e. The molecule has 0 bridgehead atoms. The molecular weight excluding hydrogens is 304 g/mol. The fourth-order valence-corrected chi connectivity index (χ4v) is 2.96. The topological polar surface area (TPSA) is 72.6 Å². The summed E-state index contributed by atoms with van der Waals surface area (Å²) in [6.07, 6.45) is 14.5. The monoisotopic (exact) mass is 338 g/mol. The lowest BCUT2D eigenvalue weighted by atomic mass is 10.0. The van der Waals surface area contributed by atoms with Crippen LogP contribution in [0.5, 0.6) is 0 Å². The van der Waals surface area contributed by atoms with Crippen LogP contribution in [0.25, 0.3) is 0 Å². The molecule has 0 saturated carbocycles. The number of esters is 1. The van der Waals surface area contributed by atoms with E-state index in [2.05, 4.69) is 6.92 Å². The van der Waals surface area contributed by atoms with Gasteiger partial charge in [-0.25, -0.2) is 10.6 Å². The van der Waals surface area contributed by atoms with Gasteiger partial charge in [-0.2, -0.15) is 0 Å². The molecule has 138 valence electrons. The van der Waals surface area contributed by atoms with Crippen molar-refractivity contribution in [3.63, 3.8) is 0 Å². The third-order valence-corrected chi connectivity index (χ3v) is 4.54. The van der Waals surface area contributed by atoms with Gasteiger partial charge < -0.3 is 4.74 Å². The molecule has 1 saturated heterocycles. The highest BCUT2D eigenvalue weighted by atomic mass is 16.5. The second-order valence-electron chi connectivity index (χ2n) is 6.79. The standard InChI is InChI=1S/C19H34N2O3/c1-3-4-5-6-7-8-9-10-11-12-16(2)15-18(22)21(20)17-13-14-24-19(17)23/h15,17H,3-14,20H2,1-2H3/b16-15+. The molecule has 5 heteroatoms. The summed E-state index contributed by atoms with van der Waals surface area (Å²) in [5.41, 5.74) is 1.02. The van der Waals surface area contributed by atoms with Crippen molar-refractivity contribution < 1.29 is 14.3 Å². The summed E-state index contributed by atoms with van der Waals surface area (Å²) in [7, 11) is 0. The number of nitrogens with two attached hydrogens (primary N) is 1. The first-order chi connectivity index (χ1) is 11.6. The van der Waals surface area contributed by atoms with Crippen LogP contribution in [0.3, 0.4) is 0 Å². The number of carbonyl (C=O) groups excluding carboxylic acids is 2. The van der Waals surface area contributed by atoms with E-state index in [1.165, 1.54) is 51.4 Å². The molecule has 0 aliphatic carbocycles. The van der Waals surface area contributed by atoms with Crippen molar-refractivity contribution in [3.05, 3.63) is 11.6 Å². The summed E-state index contributed by atoms with van der Waals surface area (Å²) < 4.78 is 4.84. The molecule has 2 N–H and O–H groups in total. The van der Waals surface area contributed by atoms with Crippen LogP contribution in [-0.4, -0.2) is 29.5 Å². The van der Waals surface area contributed by atoms with E-state index in [1.807, 2.05) is 6.92 Å². The number of hydrogen-bond acceptors (Lipinski definition) is 4. The van der Waals surface area contributed by atoms with Crippen molar-refractivity contribution in [3.8, 4) is 0 Å². The van der Waals surface area contributed by atoms with E-state index in [-0.39, 0.29) is 5.91 Å². The van der Waals surface area contributed by atoms with Gasteiger partial charge in [0.05, 0.1) is 6.61 Å². The molecule has 0 aromatic carbocycles. The number of hydrogen-bond donors (Lipinski definition) is 1. The van der Waals surface area contributed by atoms with E-state index >= 15 is 0 Å². The quantitative estimate of drug-likeness (QED) is 0.146. The van der Waals surface area contributed by atoms with Gasteiger partial charge in [-0.3, -0.25) is 9.80 Å². The van der Waals surface area contributed by atoms with E-state index in [4.69, 9.17) is 10.6 Å². The molecule has 5 nitrogen and oxygen atoms in total. The Morgan fingerprint density at radius 1 is 1.17 bits per heavy atom. The maximum atomic E-state index is 12.1. The summed E-state index contributed by atoms with van der Waals surface area (Å²) in [4.78, 5) is 23.5. The predicted octanol–water partition coefficient (Wildman–Crippen LogP) is 3.87. The number of hydrazine groups is 1. The molecule has 1 rings (SSSR count). The van der Waals surface area contributed by atoms with Crippen molar-refractivity contribution in [1.29, 1.82) is 0 Å². The number of rotatable bonds is 12. The molecule has 1 atom stereocenters. The highest BCUT2D eigenvalue weighted by Gasteiger charge is 2.33. The molecule has 1 heterocycles. The number of amides is 1. The van der Waals surface area contributed by atoms with Crippen molar-refractivity contribution in [2.24, 2.45) is 5.84 Å². The van der Waals surface area contributed by atoms with Crippen LogP contribution in [0.1, 0.15) is 84.5 Å². The first-order valence-electron chi connectivity index (χ1n) is 9.48. The molecule has 1 fully saturated rings. The number of cyclic esters (lactones) is 1. The molecule has 0 aromatic rings. The molecule has 0 spiro atoms. The van der Waals surface area contributed by atoms with Crippen LogP contribution in [0.4, 0.5) is 0 Å². The Labute approximate surface area is 146 Å². The van der Waals surface area contributed by atoms with Gasteiger partial charge in [-0.1, -0.05) is 63.9 Å². The average molecular weight is 338 g/mol.